The predicted octanol–water partition coefficient (Wildman–Crippen LogP) is -0.687. The molecule has 1 aliphatic rings. The highest BCUT2D eigenvalue weighted by molar-refractivity contribution is 5.80. The minimum absolute atomic E-state index is 0.00163. The van der Waals surface area contributed by atoms with E-state index >= 15 is 0 Å². The molecule has 0 aromatic rings. The van der Waals surface area contributed by atoms with Crippen LogP contribution in [0.3, 0.4) is 0 Å². The van der Waals surface area contributed by atoms with Gasteiger partial charge in [-0.15, -0.1) is 0 Å². The number of hydrogen-bond donors (Lipinski definition) is 3. The summed E-state index contributed by atoms with van der Waals surface area (Å²) in [5.41, 5.74) is 0. The summed E-state index contributed by atoms with van der Waals surface area (Å²) in [6.45, 7) is 8.52. The smallest absolute Gasteiger partial charge is 0.234 e. The second-order valence-corrected chi connectivity index (χ2v) is 5.00. The predicted molar refractivity (Wildman–Crippen MR) is 74.8 cm³/mol. The van der Waals surface area contributed by atoms with E-state index in [1.54, 1.807) is 0 Å². The minimum atomic E-state index is -0.00294. The van der Waals surface area contributed by atoms with Crippen LogP contribution in [0.1, 0.15) is 26.7 Å². The fourth-order valence-electron chi connectivity index (χ4n) is 1.89. The molecule has 0 bridgehead atoms. The van der Waals surface area contributed by atoms with Gasteiger partial charge in [0.2, 0.25) is 11.8 Å². The number of carbonyl (C=O) groups excluding carboxylic acids is 2. The first-order valence-corrected chi connectivity index (χ1v) is 7.11. The van der Waals surface area contributed by atoms with E-state index in [1.807, 2.05) is 13.8 Å². The number of amides is 2. The monoisotopic (exact) mass is 270 g/mol. The van der Waals surface area contributed by atoms with Gasteiger partial charge in [-0.2, -0.15) is 0 Å². The molecule has 1 atom stereocenters. The van der Waals surface area contributed by atoms with Gasteiger partial charge in [0.15, 0.2) is 0 Å². The summed E-state index contributed by atoms with van der Waals surface area (Å²) < 4.78 is 0. The molecular weight excluding hydrogens is 244 g/mol. The molecule has 19 heavy (non-hydrogen) atoms. The second-order valence-electron chi connectivity index (χ2n) is 5.00. The van der Waals surface area contributed by atoms with Crippen LogP contribution in [0.2, 0.25) is 0 Å². The zero-order valence-corrected chi connectivity index (χ0v) is 12.0. The topological polar surface area (TPSA) is 73.5 Å². The van der Waals surface area contributed by atoms with E-state index in [0.29, 0.717) is 19.5 Å². The van der Waals surface area contributed by atoms with Gasteiger partial charge in [0.1, 0.15) is 0 Å². The normalized spacial score (nSPS) is 17.8. The molecule has 0 saturated carbocycles. The zero-order chi connectivity index (χ0) is 14.1. The van der Waals surface area contributed by atoms with Crippen molar-refractivity contribution in [1.82, 2.24) is 20.9 Å². The van der Waals surface area contributed by atoms with Crippen LogP contribution in [-0.4, -0.2) is 62.0 Å². The maximum absolute atomic E-state index is 11.7. The third-order valence-corrected chi connectivity index (χ3v) is 3.27. The molecule has 0 aromatic heterocycles. The van der Waals surface area contributed by atoms with Crippen molar-refractivity contribution in [2.75, 3.05) is 39.3 Å². The van der Waals surface area contributed by atoms with Gasteiger partial charge >= 0.3 is 0 Å². The van der Waals surface area contributed by atoms with Gasteiger partial charge in [0, 0.05) is 45.2 Å². The fourth-order valence-corrected chi connectivity index (χ4v) is 1.89. The van der Waals surface area contributed by atoms with Gasteiger partial charge in [0.25, 0.3) is 0 Å². The molecule has 1 heterocycles. The number of piperazine rings is 1. The quantitative estimate of drug-likeness (QED) is 0.573. The van der Waals surface area contributed by atoms with Gasteiger partial charge in [-0.3, -0.25) is 14.5 Å². The largest absolute Gasteiger partial charge is 0.354 e. The molecule has 1 rings (SSSR count). The van der Waals surface area contributed by atoms with Gasteiger partial charge in [0.05, 0.1) is 6.54 Å². The fraction of sp³-hybridized carbons (Fsp3) is 0.846. The Kier molecular flexibility index (Phi) is 7.43. The number of nitrogens with one attached hydrogen (secondary N) is 3. The summed E-state index contributed by atoms with van der Waals surface area (Å²) >= 11 is 0. The maximum atomic E-state index is 11.7. The summed E-state index contributed by atoms with van der Waals surface area (Å²) in [7, 11) is 0. The Hall–Kier alpha value is -1.14. The first-order chi connectivity index (χ1) is 9.11. The van der Waals surface area contributed by atoms with Crippen molar-refractivity contribution >= 4 is 11.8 Å². The number of rotatable bonds is 7. The summed E-state index contributed by atoms with van der Waals surface area (Å²) in [6.07, 6.45) is 1.26. The van der Waals surface area contributed by atoms with Crippen molar-refractivity contribution in [2.24, 2.45) is 0 Å². The average Bonchev–Trinajstić information content (AvgIpc) is 2.39. The lowest BCUT2D eigenvalue weighted by Crippen LogP contribution is -2.47. The Morgan fingerprint density at radius 1 is 1.26 bits per heavy atom. The minimum Gasteiger partial charge on any atom is -0.354 e. The lowest BCUT2D eigenvalue weighted by atomic mass is 10.2. The zero-order valence-electron chi connectivity index (χ0n) is 12.0. The third-order valence-electron chi connectivity index (χ3n) is 3.27. The molecule has 0 radical (unpaired) electrons. The highest BCUT2D eigenvalue weighted by atomic mass is 16.2. The molecule has 110 valence electrons. The molecule has 1 fully saturated rings. The molecule has 6 heteroatoms. The van der Waals surface area contributed by atoms with Crippen LogP contribution in [0, 0.1) is 0 Å². The third kappa shape index (κ3) is 7.12. The van der Waals surface area contributed by atoms with Crippen LogP contribution < -0.4 is 16.0 Å². The Balaban J connectivity index is 2.07. The van der Waals surface area contributed by atoms with E-state index in [1.165, 1.54) is 0 Å². The average molecular weight is 270 g/mol. The molecule has 1 saturated heterocycles. The number of nitrogens with zero attached hydrogens (tertiary/aromatic N) is 1. The van der Waals surface area contributed by atoms with Crippen molar-refractivity contribution in [3.8, 4) is 0 Å². The molecule has 3 N–H and O–H groups in total. The van der Waals surface area contributed by atoms with E-state index in [9.17, 15) is 9.59 Å². The van der Waals surface area contributed by atoms with Crippen molar-refractivity contribution in [2.45, 2.75) is 32.7 Å². The Labute approximate surface area is 115 Å². The van der Waals surface area contributed by atoms with Crippen LogP contribution in [0.25, 0.3) is 0 Å². The van der Waals surface area contributed by atoms with Crippen molar-refractivity contribution in [3.63, 3.8) is 0 Å². The molecular formula is C13H26N4O2. The van der Waals surface area contributed by atoms with E-state index in [-0.39, 0.29) is 17.9 Å². The van der Waals surface area contributed by atoms with Crippen molar-refractivity contribution in [1.29, 1.82) is 0 Å². The molecule has 1 aliphatic heterocycles. The second kappa shape index (κ2) is 8.87. The standard InChI is InChI=1S/C13H26N4O2/c1-3-11(2)16-12(18)4-5-15-13(19)10-17-8-6-14-7-9-17/h11,14H,3-10H2,1-2H3,(H,15,19)(H,16,18). The number of hydrogen-bond acceptors (Lipinski definition) is 4. The summed E-state index contributed by atoms with van der Waals surface area (Å²) in [5.74, 6) is -0.00457. The van der Waals surface area contributed by atoms with Crippen LogP contribution in [0.4, 0.5) is 0 Å². The first-order valence-electron chi connectivity index (χ1n) is 7.11. The van der Waals surface area contributed by atoms with Gasteiger partial charge in [-0.05, 0) is 13.3 Å². The van der Waals surface area contributed by atoms with Crippen molar-refractivity contribution in [3.05, 3.63) is 0 Å². The summed E-state index contributed by atoms with van der Waals surface area (Å²) in [6, 6.07) is 0.198. The van der Waals surface area contributed by atoms with E-state index in [4.69, 9.17) is 0 Å². The molecule has 2 amide bonds. The number of carbonyl (C=O) groups is 2. The van der Waals surface area contributed by atoms with Crippen molar-refractivity contribution < 1.29 is 9.59 Å². The van der Waals surface area contributed by atoms with Crippen LogP contribution in [-0.2, 0) is 9.59 Å². The SMILES string of the molecule is CCC(C)NC(=O)CCNC(=O)CN1CCNCC1. The maximum Gasteiger partial charge on any atom is 0.234 e. The summed E-state index contributed by atoms with van der Waals surface area (Å²) in [4.78, 5) is 25.3. The van der Waals surface area contributed by atoms with Crippen LogP contribution >= 0.6 is 0 Å². The Morgan fingerprint density at radius 2 is 1.95 bits per heavy atom. The van der Waals surface area contributed by atoms with E-state index in [0.717, 1.165) is 32.6 Å². The van der Waals surface area contributed by atoms with Gasteiger partial charge < -0.3 is 16.0 Å². The van der Waals surface area contributed by atoms with Gasteiger partial charge in [-0.1, -0.05) is 6.92 Å². The molecule has 6 nitrogen and oxygen atoms in total. The lowest BCUT2D eigenvalue weighted by molar-refractivity contribution is -0.123. The van der Waals surface area contributed by atoms with Crippen LogP contribution in [0.15, 0.2) is 0 Å². The first kappa shape index (κ1) is 15.9. The lowest BCUT2D eigenvalue weighted by Gasteiger charge is -2.26. The molecule has 0 aromatic carbocycles. The summed E-state index contributed by atoms with van der Waals surface area (Å²) in [5, 5.41) is 8.91. The molecule has 0 aliphatic carbocycles. The highest BCUT2D eigenvalue weighted by Gasteiger charge is 2.13. The van der Waals surface area contributed by atoms with Gasteiger partial charge in [-0.25, -0.2) is 0 Å². The van der Waals surface area contributed by atoms with Crippen LogP contribution in [0.5, 0.6) is 0 Å². The molecule has 0 spiro atoms. The van der Waals surface area contributed by atoms with E-state index < -0.39 is 0 Å². The highest BCUT2D eigenvalue weighted by Crippen LogP contribution is 1.92. The Bertz CT molecular complexity index is 290. The Morgan fingerprint density at radius 3 is 2.58 bits per heavy atom. The van der Waals surface area contributed by atoms with E-state index in [2.05, 4.69) is 20.9 Å². The molecule has 1 unspecified atom stereocenters.